The van der Waals surface area contributed by atoms with Crippen molar-refractivity contribution in [1.82, 2.24) is 25.1 Å². The van der Waals surface area contributed by atoms with Gasteiger partial charge in [0.25, 0.3) is 0 Å². The SMILES string of the molecule is O=C(NCc1cccc(CN2CCOCC2)c1)N1CCN(c2ncccn2)CC1. The minimum absolute atomic E-state index is 0.0165. The summed E-state index contributed by atoms with van der Waals surface area (Å²) in [6.45, 7) is 7.84. The van der Waals surface area contributed by atoms with E-state index in [4.69, 9.17) is 4.74 Å². The van der Waals surface area contributed by atoms with Gasteiger partial charge in [-0.2, -0.15) is 0 Å². The van der Waals surface area contributed by atoms with Gasteiger partial charge >= 0.3 is 6.03 Å². The second kappa shape index (κ2) is 9.67. The summed E-state index contributed by atoms with van der Waals surface area (Å²) in [5.41, 5.74) is 2.40. The van der Waals surface area contributed by atoms with Crippen LogP contribution in [0.1, 0.15) is 11.1 Å². The zero-order valence-corrected chi connectivity index (χ0v) is 16.7. The molecule has 0 atom stereocenters. The maximum absolute atomic E-state index is 12.6. The first-order valence-corrected chi connectivity index (χ1v) is 10.2. The number of rotatable bonds is 5. The summed E-state index contributed by atoms with van der Waals surface area (Å²) in [5, 5.41) is 3.06. The van der Waals surface area contributed by atoms with Crippen molar-refractivity contribution in [3.63, 3.8) is 0 Å². The highest BCUT2D eigenvalue weighted by molar-refractivity contribution is 5.74. The van der Waals surface area contributed by atoms with Crippen molar-refractivity contribution < 1.29 is 9.53 Å². The third kappa shape index (κ3) is 5.42. The number of carbonyl (C=O) groups excluding carboxylic acids is 1. The number of ether oxygens (including phenoxy) is 1. The van der Waals surface area contributed by atoms with E-state index in [0.29, 0.717) is 19.6 Å². The van der Waals surface area contributed by atoms with E-state index in [1.165, 1.54) is 5.56 Å². The normalized spacial score (nSPS) is 17.9. The molecular weight excluding hydrogens is 368 g/mol. The number of carbonyl (C=O) groups is 1. The Morgan fingerprint density at radius 2 is 1.69 bits per heavy atom. The number of nitrogens with one attached hydrogen (secondary N) is 1. The van der Waals surface area contributed by atoms with E-state index < -0.39 is 0 Å². The van der Waals surface area contributed by atoms with Gasteiger partial charge in [0.2, 0.25) is 5.95 Å². The van der Waals surface area contributed by atoms with Crippen LogP contribution in [0, 0.1) is 0 Å². The first kappa shape index (κ1) is 19.6. The molecular formula is C21H28N6O2. The molecule has 0 unspecified atom stereocenters. The Hall–Kier alpha value is -2.71. The zero-order valence-electron chi connectivity index (χ0n) is 16.7. The quantitative estimate of drug-likeness (QED) is 0.822. The maximum atomic E-state index is 12.6. The number of anilines is 1. The van der Waals surface area contributed by atoms with Gasteiger partial charge in [-0.1, -0.05) is 24.3 Å². The fourth-order valence-corrected chi connectivity index (χ4v) is 3.71. The van der Waals surface area contributed by atoms with Gasteiger partial charge in [0.05, 0.1) is 13.2 Å². The third-order valence-corrected chi connectivity index (χ3v) is 5.35. The number of benzene rings is 1. The highest BCUT2D eigenvalue weighted by Crippen LogP contribution is 2.12. The molecule has 8 nitrogen and oxygen atoms in total. The monoisotopic (exact) mass is 396 g/mol. The van der Waals surface area contributed by atoms with Gasteiger partial charge in [-0.05, 0) is 17.2 Å². The van der Waals surface area contributed by atoms with Gasteiger partial charge in [0, 0.05) is 64.8 Å². The summed E-state index contributed by atoms with van der Waals surface area (Å²) >= 11 is 0. The predicted octanol–water partition coefficient (Wildman–Crippen LogP) is 1.34. The zero-order chi connectivity index (χ0) is 19.9. The van der Waals surface area contributed by atoms with E-state index >= 15 is 0 Å². The van der Waals surface area contributed by atoms with Crippen LogP contribution in [0.5, 0.6) is 0 Å². The molecule has 1 N–H and O–H groups in total. The third-order valence-electron chi connectivity index (χ3n) is 5.35. The Morgan fingerprint density at radius 1 is 0.966 bits per heavy atom. The van der Waals surface area contributed by atoms with Crippen molar-refractivity contribution in [1.29, 1.82) is 0 Å². The average molecular weight is 396 g/mol. The Labute approximate surface area is 171 Å². The molecule has 4 rings (SSSR count). The Balaban J connectivity index is 1.24. The van der Waals surface area contributed by atoms with Crippen molar-refractivity contribution >= 4 is 12.0 Å². The Morgan fingerprint density at radius 3 is 2.45 bits per heavy atom. The van der Waals surface area contributed by atoms with Crippen molar-refractivity contribution in [3.8, 4) is 0 Å². The Bertz CT molecular complexity index is 789. The summed E-state index contributed by atoms with van der Waals surface area (Å²) < 4.78 is 5.41. The van der Waals surface area contributed by atoms with Crippen LogP contribution in [0.25, 0.3) is 0 Å². The van der Waals surface area contributed by atoms with Crippen molar-refractivity contribution in [2.45, 2.75) is 13.1 Å². The summed E-state index contributed by atoms with van der Waals surface area (Å²) in [5.74, 6) is 0.727. The molecule has 1 aromatic carbocycles. The lowest BCUT2D eigenvalue weighted by molar-refractivity contribution is 0.0342. The van der Waals surface area contributed by atoms with Crippen LogP contribution in [-0.2, 0) is 17.8 Å². The van der Waals surface area contributed by atoms with E-state index in [-0.39, 0.29) is 6.03 Å². The van der Waals surface area contributed by atoms with E-state index in [0.717, 1.165) is 57.4 Å². The smallest absolute Gasteiger partial charge is 0.317 e. The topological polar surface area (TPSA) is 73.8 Å². The summed E-state index contributed by atoms with van der Waals surface area (Å²) in [6, 6.07) is 10.2. The fraction of sp³-hybridized carbons (Fsp3) is 0.476. The molecule has 2 aliphatic heterocycles. The van der Waals surface area contributed by atoms with Gasteiger partial charge in [0.1, 0.15) is 0 Å². The molecule has 0 saturated carbocycles. The van der Waals surface area contributed by atoms with Gasteiger partial charge in [0.15, 0.2) is 0 Å². The number of hydrogen-bond donors (Lipinski definition) is 1. The molecule has 2 fully saturated rings. The molecule has 2 amide bonds. The molecule has 2 saturated heterocycles. The molecule has 3 heterocycles. The minimum Gasteiger partial charge on any atom is -0.379 e. The number of hydrogen-bond acceptors (Lipinski definition) is 6. The minimum atomic E-state index is -0.0165. The van der Waals surface area contributed by atoms with Crippen molar-refractivity contribution in [2.75, 3.05) is 57.4 Å². The molecule has 154 valence electrons. The van der Waals surface area contributed by atoms with Crippen molar-refractivity contribution in [3.05, 3.63) is 53.9 Å². The molecule has 0 aliphatic carbocycles. The van der Waals surface area contributed by atoms with Crippen molar-refractivity contribution in [2.24, 2.45) is 0 Å². The van der Waals surface area contributed by atoms with Gasteiger partial charge in [-0.3, -0.25) is 4.90 Å². The summed E-state index contributed by atoms with van der Waals surface area (Å²) in [4.78, 5) is 27.5. The molecule has 8 heteroatoms. The number of morpholine rings is 1. The second-order valence-corrected chi connectivity index (χ2v) is 7.39. The molecule has 2 aromatic rings. The molecule has 29 heavy (non-hydrogen) atoms. The maximum Gasteiger partial charge on any atom is 0.317 e. The molecule has 0 radical (unpaired) electrons. The largest absolute Gasteiger partial charge is 0.379 e. The van der Waals surface area contributed by atoms with Crippen LogP contribution in [0.15, 0.2) is 42.7 Å². The summed E-state index contributed by atoms with van der Waals surface area (Å²) in [7, 11) is 0. The second-order valence-electron chi connectivity index (χ2n) is 7.39. The number of aromatic nitrogens is 2. The average Bonchev–Trinajstić information content (AvgIpc) is 2.79. The van der Waals surface area contributed by atoms with Gasteiger partial charge in [-0.15, -0.1) is 0 Å². The highest BCUT2D eigenvalue weighted by Gasteiger charge is 2.22. The van der Waals surface area contributed by atoms with E-state index in [1.807, 2.05) is 11.0 Å². The molecule has 2 aliphatic rings. The van der Waals surface area contributed by atoms with Gasteiger partial charge in [-0.25, -0.2) is 14.8 Å². The van der Waals surface area contributed by atoms with E-state index in [1.54, 1.807) is 12.4 Å². The summed E-state index contributed by atoms with van der Waals surface area (Å²) in [6.07, 6.45) is 3.49. The van der Waals surface area contributed by atoms with Crippen LogP contribution in [0.2, 0.25) is 0 Å². The van der Waals surface area contributed by atoms with E-state index in [2.05, 4.69) is 49.4 Å². The van der Waals surface area contributed by atoms with Gasteiger partial charge < -0.3 is 19.9 Å². The van der Waals surface area contributed by atoms with Crippen LogP contribution < -0.4 is 10.2 Å². The van der Waals surface area contributed by atoms with Crippen LogP contribution >= 0.6 is 0 Å². The van der Waals surface area contributed by atoms with E-state index in [9.17, 15) is 4.79 Å². The van der Waals surface area contributed by atoms with Crippen LogP contribution in [-0.4, -0.2) is 78.3 Å². The molecule has 0 bridgehead atoms. The number of piperazine rings is 1. The first-order chi connectivity index (χ1) is 14.3. The number of nitrogens with zero attached hydrogens (tertiary/aromatic N) is 5. The molecule has 1 aromatic heterocycles. The van der Waals surface area contributed by atoms with Crippen LogP contribution in [0.3, 0.4) is 0 Å². The predicted molar refractivity (Wildman–Crippen MR) is 111 cm³/mol. The highest BCUT2D eigenvalue weighted by atomic mass is 16.5. The fourth-order valence-electron chi connectivity index (χ4n) is 3.71. The first-order valence-electron chi connectivity index (χ1n) is 10.2. The standard InChI is InChI=1S/C21H28N6O2/c28-21(27-9-7-26(8-10-27)20-22-5-2-6-23-20)24-16-18-3-1-4-19(15-18)17-25-11-13-29-14-12-25/h1-6,15H,7-14,16-17H2,(H,24,28). The Kier molecular flexibility index (Phi) is 6.53. The molecule has 0 spiro atoms. The van der Waals surface area contributed by atoms with Crippen LogP contribution in [0.4, 0.5) is 10.7 Å². The number of urea groups is 1. The lowest BCUT2D eigenvalue weighted by Crippen LogP contribution is -2.52. The lowest BCUT2D eigenvalue weighted by Gasteiger charge is -2.34. The number of amides is 2. The lowest BCUT2D eigenvalue weighted by atomic mass is 10.1.